The Bertz CT molecular complexity index is 2850. The molecule has 10 aromatic rings. The van der Waals surface area contributed by atoms with E-state index in [0.29, 0.717) is 29.3 Å². The van der Waals surface area contributed by atoms with Gasteiger partial charge in [0.25, 0.3) is 5.91 Å². The number of benzene rings is 2. The van der Waals surface area contributed by atoms with Gasteiger partial charge in [-0.1, -0.05) is 93.9 Å². The van der Waals surface area contributed by atoms with Gasteiger partial charge in [-0.15, -0.1) is 40.8 Å². The summed E-state index contributed by atoms with van der Waals surface area (Å²) in [7, 11) is 1.37. The number of nitrogens with zero attached hydrogens (tertiary/aromatic N) is 14. The lowest BCUT2D eigenvalue weighted by Gasteiger charge is -2.20. The summed E-state index contributed by atoms with van der Waals surface area (Å²) in [4.78, 5) is 43.5. The van der Waals surface area contributed by atoms with E-state index in [4.69, 9.17) is 15.7 Å². The molecule has 5 N–H and O–H groups in total. The molecule has 27 heteroatoms. The number of nitrogens with one attached hydrogen (secondary N) is 2. The summed E-state index contributed by atoms with van der Waals surface area (Å²) in [6.45, 7) is 1.11. The van der Waals surface area contributed by atoms with Crippen molar-refractivity contribution in [3.63, 3.8) is 0 Å². The molecule has 0 bridgehead atoms. The maximum atomic E-state index is 11.5. The van der Waals surface area contributed by atoms with Crippen molar-refractivity contribution in [3.05, 3.63) is 195 Å². The lowest BCUT2D eigenvalue weighted by atomic mass is 10.1. The maximum Gasteiger partial charge on any atom is 0.337 e. The minimum atomic E-state index is -0.540. The van der Waals surface area contributed by atoms with Gasteiger partial charge in [0.1, 0.15) is 44.1 Å². The Hall–Kier alpha value is -8.21. The summed E-state index contributed by atoms with van der Waals surface area (Å²) in [6.07, 6.45) is 6.93. The summed E-state index contributed by atoms with van der Waals surface area (Å²) in [6, 6.07) is 36.9. The van der Waals surface area contributed by atoms with Crippen LogP contribution < -0.4 is 26.3 Å². The lowest BCUT2D eigenvalue weighted by molar-refractivity contribution is 0.0600. The second kappa shape index (κ2) is 30.4. The number of aromatic nitrogens is 12. The molecule has 0 aliphatic rings. The van der Waals surface area contributed by atoms with Gasteiger partial charge in [0.2, 0.25) is 20.5 Å². The summed E-state index contributed by atoms with van der Waals surface area (Å²) in [5, 5.41) is 44.9. The van der Waals surface area contributed by atoms with E-state index in [9.17, 15) is 9.59 Å². The number of hydrogen-bond acceptors (Lipinski definition) is 24. The smallest absolute Gasteiger partial charge is 0.337 e. The highest BCUT2D eigenvalue weighted by molar-refractivity contribution is 9.10. The van der Waals surface area contributed by atoms with Crippen molar-refractivity contribution in [3.8, 4) is 0 Å². The zero-order chi connectivity index (χ0) is 49.9. The monoisotopic (exact) mass is 1110 g/mol. The number of hydrogen-bond donors (Lipinski definition) is 4. The quantitative estimate of drug-likeness (QED) is 0.0384. The Balaban J connectivity index is 0.000000182. The lowest BCUT2D eigenvalue weighted by Crippen LogP contribution is -2.19. The molecule has 0 saturated carbocycles. The van der Waals surface area contributed by atoms with Crippen molar-refractivity contribution in [2.75, 3.05) is 28.0 Å². The van der Waals surface area contributed by atoms with Crippen LogP contribution >= 0.6 is 61.3 Å². The van der Waals surface area contributed by atoms with Crippen molar-refractivity contribution in [1.82, 2.24) is 66.2 Å². The number of amides is 1. The summed E-state index contributed by atoms with van der Waals surface area (Å²) < 4.78 is 5.59. The molecular formula is C45H41BrFN17O4S4. The van der Waals surface area contributed by atoms with E-state index in [-0.39, 0.29) is 10.7 Å². The van der Waals surface area contributed by atoms with Gasteiger partial charge in [-0.2, -0.15) is 0 Å². The third-order valence-corrected chi connectivity index (χ3v) is 11.7. The zero-order valence-electron chi connectivity index (χ0n) is 37.5. The number of carbonyl (C=O) groups is 2. The highest BCUT2D eigenvalue weighted by Crippen LogP contribution is 2.28. The SMILES string of the molecule is Brc1ccccn1.COC(=O)c1ccc(CN(c2ccccn2)c2nncs2)cc1.F.Nc1nncs1.O=C(NO)c1ccc(CN(c2ccccn2)c2nncs2)cc1.c1ccc(Nc2nncs2)nc1. The number of esters is 1. The first-order valence-corrected chi connectivity index (χ1v) is 24.7. The Kier molecular flexibility index (Phi) is 23.1. The van der Waals surface area contributed by atoms with Crippen molar-refractivity contribution in [2.24, 2.45) is 0 Å². The Morgan fingerprint density at radius 2 is 1.08 bits per heavy atom. The standard InChI is InChI=1S/C16H14N4O2S.C15H13N5O2S.C7H6N4S.C5H4BrN.C2H3N3S.FH/c1-22-15(21)13-7-5-12(6-8-13)10-20(16-19-18-11-23-16)14-4-2-3-9-17-14;21-14(19-22)12-6-4-11(5-7-12)9-20(15-18-17-10-23-15)13-3-1-2-8-16-13;1-2-4-8-6(3-1)10-7-11-9-5-12-7;6-5-3-1-2-4-7-5;3-2-5-4-1-6-2;/h2-9,11H,10H2,1H3;1-8,10,22H,9H2,(H,19,21);1-5H,(H,8,10,11);1-4H;1H,(H2,3,5);1H. The fraction of sp³-hybridized carbons (Fsp3) is 0.0667. The van der Waals surface area contributed by atoms with Crippen molar-refractivity contribution >= 4 is 111 Å². The van der Waals surface area contributed by atoms with Crippen LogP contribution in [0, 0.1) is 0 Å². The third kappa shape index (κ3) is 18.3. The number of hydroxylamine groups is 1. The predicted octanol–water partition coefficient (Wildman–Crippen LogP) is 9.24. The molecule has 10 rings (SSSR count). The minimum absolute atomic E-state index is 0. The average Bonchev–Trinajstić information content (AvgIpc) is 4.31. The van der Waals surface area contributed by atoms with Crippen molar-refractivity contribution in [2.45, 2.75) is 13.1 Å². The van der Waals surface area contributed by atoms with E-state index < -0.39 is 5.91 Å². The molecule has 8 heterocycles. The average molecular weight is 1110 g/mol. The molecule has 0 radical (unpaired) electrons. The topological polar surface area (TPSA) is 275 Å². The number of pyridine rings is 4. The van der Waals surface area contributed by atoms with Crippen LogP contribution in [0.4, 0.5) is 42.7 Å². The van der Waals surface area contributed by atoms with Crippen molar-refractivity contribution in [1.29, 1.82) is 0 Å². The predicted molar refractivity (Wildman–Crippen MR) is 280 cm³/mol. The number of rotatable bonds is 12. The number of carbonyl (C=O) groups excluding carboxylic acids is 2. The Labute approximate surface area is 435 Å². The van der Waals surface area contributed by atoms with Crippen molar-refractivity contribution < 1.29 is 24.2 Å². The number of nitrogens with two attached hydrogens (primary N) is 1. The van der Waals surface area contributed by atoms with Crippen LogP contribution in [0.5, 0.6) is 0 Å². The first-order chi connectivity index (χ1) is 34.8. The number of anilines is 7. The Morgan fingerprint density at radius 1 is 0.597 bits per heavy atom. The molecule has 1 amide bonds. The molecule has 0 spiro atoms. The van der Waals surface area contributed by atoms with E-state index in [1.54, 1.807) is 76.6 Å². The highest BCUT2D eigenvalue weighted by atomic mass is 79.9. The second-order valence-electron chi connectivity index (χ2n) is 13.3. The molecule has 0 aliphatic carbocycles. The first-order valence-electron chi connectivity index (χ1n) is 20.4. The van der Waals surface area contributed by atoms with Crippen LogP contribution in [0.3, 0.4) is 0 Å². The molecule has 2 aromatic carbocycles. The van der Waals surface area contributed by atoms with Gasteiger partial charge in [0, 0.05) is 30.4 Å². The molecule has 72 heavy (non-hydrogen) atoms. The van der Waals surface area contributed by atoms with E-state index in [1.807, 2.05) is 107 Å². The summed E-state index contributed by atoms with van der Waals surface area (Å²) in [5.74, 6) is 1.46. The second-order valence-corrected chi connectivity index (χ2v) is 17.5. The van der Waals surface area contributed by atoms with Crippen LogP contribution in [0.25, 0.3) is 0 Å². The number of halogens is 2. The highest BCUT2D eigenvalue weighted by Gasteiger charge is 2.16. The van der Waals surface area contributed by atoms with Crippen LogP contribution in [0.15, 0.2) is 173 Å². The molecule has 0 fully saturated rings. The molecule has 0 saturated heterocycles. The van der Waals surface area contributed by atoms with Gasteiger partial charge in [-0.05, 0) is 99.9 Å². The molecule has 21 nitrogen and oxygen atoms in total. The fourth-order valence-corrected chi connectivity index (χ4v) is 7.60. The molecule has 368 valence electrons. The number of ether oxygens (including phenoxy) is 1. The maximum absolute atomic E-state index is 11.5. The number of nitrogen functional groups attached to an aromatic ring is 1. The van der Waals surface area contributed by atoms with Crippen LogP contribution in [0.2, 0.25) is 0 Å². The van der Waals surface area contributed by atoms with E-state index in [1.165, 1.54) is 52.5 Å². The molecular weight excluding hydrogens is 1070 g/mol. The molecule has 0 unspecified atom stereocenters. The Morgan fingerprint density at radius 3 is 1.44 bits per heavy atom. The number of methoxy groups -OCH3 is 1. The van der Waals surface area contributed by atoms with Gasteiger partial charge in [0.15, 0.2) is 0 Å². The minimum Gasteiger partial charge on any atom is -0.465 e. The van der Waals surface area contributed by atoms with Gasteiger partial charge in [-0.3, -0.25) is 24.5 Å². The van der Waals surface area contributed by atoms with Gasteiger partial charge >= 0.3 is 5.97 Å². The summed E-state index contributed by atoms with van der Waals surface area (Å²) in [5.41, 5.74) is 16.3. The van der Waals surface area contributed by atoms with Gasteiger partial charge in [0.05, 0.1) is 25.8 Å². The van der Waals surface area contributed by atoms with Crippen LogP contribution in [0.1, 0.15) is 31.8 Å². The summed E-state index contributed by atoms with van der Waals surface area (Å²) >= 11 is 8.85. The van der Waals surface area contributed by atoms with Gasteiger partial charge < -0.3 is 15.8 Å². The van der Waals surface area contributed by atoms with E-state index in [0.717, 1.165) is 48.6 Å². The first kappa shape index (κ1) is 54.7. The third-order valence-electron chi connectivity index (χ3n) is 8.65. The van der Waals surface area contributed by atoms with E-state index in [2.05, 4.69) is 82.0 Å². The molecule has 8 aromatic heterocycles. The largest absolute Gasteiger partial charge is 0.465 e. The fourth-order valence-electron chi connectivity index (χ4n) is 5.44. The van der Waals surface area contributed by atoms with E-state index >= 15 is 0 Å². The zero-order valence-corrected chi connectivity index (χ0v) is 42.4. The normalized spacial score (nSPS) is 9.76. The van der Waals surface area contributed by atoms with Gasteiger partial charge in [-0.25, -0.2) is 30.2 Å². The van der Waals surface area contributed by atoms with Crippen LogP contribution in [-0.4, -0.2) is 84.9 Å². The molecule has 0 aliphatic heterocycles. The van der Waals surface area contributed by atoms with Crippen LogP contribution in [-0.2, 0) is 17.8 Å². The molecule has 0 atom stereocenters.